The molecule has 0 aromatic heterocycles. The van der Waals surface area contributed by atoms with Crippen LogP contribution in [-0.4, -0.2) is 62.9 Å². The monoisotopic (exact) mass is 286 g/mol. The minimum absolute atomic E-state index is 0.214. The Balaban J connectivity index is 2.50. The Morgan fingerprint density at radius 2 is 2.25 bits per heavy atom. The number of carbonyl (C=O) groups excluding carboxylic acids is 1. The summed E-state index contributed by atoms with van der Waals surface area (Å²) in [5.74, 6) is -0.214. The molecule has 3 unspecified atom stereocenters. The van der Waals surface area contributed by atoms with E-state index in [-0.39, 0.29) is 12.0 Å². The van der Waals surface area contributed by atoms with Crippen molar-refractivity contribution in [3.8, 4) is 0 Å². The van der Waals surface area contributed by atoms with Gasteiger partial charge in [-0.1, -0.05) is 0 Å². The molecule has 1 saturated heterocycles. The average molecular weight is 286 g/mol. The minimum atomic E-state index is -0.643. The molecule has 1 rings (SSSR count). The van der Waals surface area contributed by atoms with Gasteiger partial charge >= 0.3 is 5.97 Å². The summed E-state index contributed by atoms with van der Waals surface area (Å²) in [6.45, 7) is 5.83. The van der Waals surface area contributed by atoms with E-state index in [9.17, 15) is 4.79 Å². The van der Waals surface area contributed by atoms with E-state index in [1.165, 1.54) is 20.0 Å². The van der Waals surface area contributed by atoms with E-state index < -0.39 is 5.54 Å². The molecule has 0 bridgehead atoms. The van der Waals surface area contributed by atoms with Crippen molar-refractivity contribution in [1.29, 1.82) is 0 Å². The highest BCUT2D eigenvalue weighted by Crippen LogP contribution is 2.19. The van der Waals surface area contributed by atoms with E-state index in [1.54, 1.807) is 7.05 Å². The first-order chi connectivity index (χ1) is 9.42. The highest BCUT2D eigenvalue weighted by molar-refractivity contribution is 5.80. The maximum Gasteiger partial charge on any atom is 0.325 e. The van der Waals surface area contributed by atoms with Crippen molar-refractivity contribution >= 4 is 5.97 Å². The van der Waals surface area contributed by atoms with Crippen molar-refractivity contribution < 1.29 is 14.3 Å². The predicted molar refractivity (Wildman–Crippen MR) is 79.8 cm³/mol. The summed E-state index contributed by atoms with van der Waals surface area (Å²) in [5, 5.41) is 3.09. The minimum Gasteiger partial charge on any atom is -0.468 e. The third-order valence-corrected chi connectivity index (χ3v) is 4.41. The molecule has 0 spiro atoms. The molecule has 3 atom stereocenters. The predicted octanol–water partition coefficient (Wildman–Crippen LogP) is 1.42. The molecule has 1 fully saturated rings. The Morgan fingerprint density at radius 1 is 1.55 bits per heavy atom. The number of esters is 1. The van der Waals surface area contributed by atoms with E-state index in [2.05, 4.69) is 24.2 Å². The molecule has 0 aromatic carbocycles. The molecule has 1 aliphatic rings. The molecule has 0 saturated carbocycles. The standard InChI is InChI=1S/C15H30N2O3/c1-12(10-15(2,16-3)14(18)19-5)17(4)11-13-8-6-7-9-20-13/h12-13,16H,6-11H2,1-5H3. The maximum absolute atomic E-state index is 11.9. The van der Waals surface area contributed by atoms with E-state index in [1.807, 2.05) is 6.92 Å². The largest absolute Gasteiger partial charge is 0.468 e. The molecule has 0 amide bonds. The Labute approximate surface area is 123 Å². The molecule has 0 aliphatic carbocycles. The molecular formula is C15H30N2O3. The van der Waals surface area contributed by atoms with Gasteiger partial charge < -0.3 is 19.7 Å². The van der Waals surface area contributed by atoms with Gasteiger partial charge in [-0.15, -0.1) is 0 Å². The zero-order valence-electron chi connectivity index (χ0n) is 13.6. The van der Waals surface area contributed by atoms with Gasteiger partial charge in [-0.2, -0.15) is 0 Å². The number of nitrogens with one attached hydrogen (secondary N) is 1. The molecule has 1 N–H and O–H groups in total. The molecule has 0 aromatic rings. The van der Waals surface area contributed by atoms with Gasteiger partial charge in [0, 0.05) is 19.2 Å². The van der Waals surface area contributed by atoms with E-state index in [0.717, 1.165) is 19.6 Å². The summed E-state index contributed by atoms with van der Waals surface area (Å²) in [6, 6.07) is 0.275. The van der Waals surface area contributed by atoms with Crippen LogP contribution < -0.4 is 5.32 Å². The van der Waals surface area contributed by atoms with Crippen molar-refractivity contribution in [3.05, 3.63) is 0 Å². The van der Waals surface area contributed by atoms with Crippen molar-refractivity contribution in [2.24, 2.45) is 0 Å². The first-order valence-electron chi connectivity index (χ1n) is 7.52. The summed E-state index contributed by atoms with van der Waals surface area (Å²) < 4.78 is 10.7. The second kappa shape index (κ2) is 7.96. The van der Waals surface area contributed by atoms with E-state index >= 15 is 0 Å². The van der Waals surface area contributed by atoms with Crippen LogP contribution in [0.1, 0.15) is 39.5 Å². The van der Waals surface area contributed by atoms with Gasteiger partial charge in [0.25, 0.3) is 0 Å². The first-order valence-corrected chi connectivity index (χ1v) is 7.52. The van der Waals surface area contributed by atoms with Crippen molar-refractivity contribution in [3.63, 3.8) is 0 Å². The van der Waals surface area contributed by atoms with Gasteiger partial charge in [-0.05, 0) is 53.6 Å². The SMILES string of the molecule is CNC(C)(CC(C)N(C)CC1CCCCO1)C(=O)OC. The van der Waals surface area contributed by atoms with Crippen molar-refractivity contribution in [1.82, 2.24) is 10.2 Å². The molecule has 1 aliphatic heterocycles. The van der Waals surface area contributed by atoms with Crippen LogP contribution in [0.15, 0.2) is 0 Å². The highest BCUT2D eigenvalue weighted by Gasteiger charge is 2.35. The number of likely N-dealkylation sites (N-methyl/N-ethyl adjacent to an activating group) is 2. The van der Waals surface area contributed by atoms with Crippen LogP contribution in [0, 0.1) is 0 Å². The number of methoxy groups -OCH3 is 1. The topological polar surface area (TPSA) is 50.8 Å². The lowest BCUT2D eigenvalue weighted by atomic mass is 9.93. The number of nitrogens with zero attached hydrogens (tertiary/aromatic N) is 1. The zero-order valence-corrected chi connectivity index (χ0v) is 13.6. The summed E-state index contributed by atoms with van der Waals surface area (Å²) >= 11 is 0. The smallest absolute Gasteiger partial charge is 0.325 e. The van der Waals surface area contributed by atoms with Crippen LogP contribution in [0.2, 0.25) is 0 Å². The fraction of sp³-hybridized carbons (Fsp3) is 0.933. The first kappa shape index (κ1) is 17.4. The number of carbonyl (C=O) groups is 1. The molecule has 5 nitrogen and oxygen atoms in total. The summed E-state index contributed by atoms with van der Waals surface area (Å²) in [6.07, 6.45) is 4.60. The molecule has 5 heteroatoms. The van der Waals surface area contributed by atoms with Crippen LogP contribution in [-0.2, 0) is 14.3 Å². The second-order valence-corrected chi connectivity index (χ2v) is 6.05. The zero-order chi connectivity index (χ0) is 15.2. The molecule has 1 heterocycles. The lowest BCUT2D eigenvalue weighted by molar-refractivity contribution is -0.148. The quantitative estimate of drug-likeness (QED) is 0.717. The summed E-state index contributed by atoms with van der Waals surface area (Å²) in [5.41, 5.74) is -0.643. The third-order valence-electron chi connectivity index (χ3n) is 4.41. The highest BCUT2D eigenvalue weighted by atomic mass is 16.5. The third kappa shape index (κ3) is 4.72. The van der Waals surface area contributed by atoms with Crippen LogP contribution in [0.5, 0.6) is 0 Å². The summed E-state index contributed by atoms with van der Waals surface area (Å²) in [4.78, 5) is 14.2. The number of ether oxygens (including phenoxy) is 2. The molecule has 0 radical (unpaired) electrons. The van der Waals surface area contributed by atoms with Gasteiger partial charge in [0.2, 0.25) is 0 Å². The van der Waals surface area contributed by atoms with Crippen molar-refractivity contribution in [2.75, 3.05) is 34.4 Å². The Bertz CT molecular complexity index is 305. The Hall–Kier alpha value is -0.650. The van der Waals surface area contributed by atoms with Gasteiger partial charge in [-0.3, -0.25) is 4.79 Å². The van der Waals surface area contributed by atoms with Gasteiger partial charge in [0.1, 0.15) is 5.54 Å². The van der Waals surface area contributed by atoms with Gasteiger partial charge in [-0.25, -0.2) is 0 Å². The second-order valence-electron chi connectivity index (χ2n) is 6.05. The summed E-state index contributed by atoms with van der Waals surface area (Å²) in [7, 11) is 5.33. The van der Waals surface area contributed by atoms with Crippen LogP contribution in [0.3, 0.4) is 0 Å². The van der Waals surface area contributed by atoms with Gasteiger partial charge in [0.15, 0.2) is 0 Å². The van der Waals surface area contributed by atoms with Crippen LogP contribution in [0.4, 0.5) is 0 Å². The Kier molecular flexibility index (Phi) is 6.92. The average Bonchev–Trinajstić information content (AvgIpc) is 2.47. The lowest BCUT2D eigenvalue weighted by Gasteiger charge is -2.35. The molecular weight excluding hydrogens is 256 g/mol. The number of hydrogen-bond donors (Lipinski definition) is 1. The number of hydrogen-bond acceptors (Lipinski definition) is 5. The Morgan fingerprint density at radius 3 is 2.75 bits per heavy atom. The molecule has 118 valence electrons. The molecule has 20 heavy (non-hydrogen) atoms. The van der Waals surface area contributed by atoms with Crippen LogP contribution in [0.25, 0.3) is 0 Å². The van der Waals surface area contributed by atoms with E-state index in [4.69, 9.17) is 9.47 Å². The number of rotatable bonds is 7. The maximum atomic E-state index is 11.9. The normalized spacial score (nSPS) is 24.2. The van der Waals surface area contributed by atoms with E-state index in [0.29, 0.717) is 12.5 Å². The van der Waals surface area contributed by atoms with Crippen molar-refractivity contribution in [2.45, 2.75) is 57.2 Å². The lowest BCUT2D eigenvalue weighted by Crippen LogP contribution is -2.52. The fourth-order valence-corrected chi connectivity index (χ4v) is 2.71. The van der Waals surface area contributed by atoms with Gasteiger partial charge in [0.05, 0.1) is 13.2 Å². The van der Waals surface area contributed by atoms with Crippen LogP contribution >= 0.6 is 0 Å². The fourth-order valence-electron chi connectivity index (χ4n) is 2.71.